The van der Waals surface area contributed by atoms with E-state index in [9.17, 15) is 4.39 Å². The van der Waals surface area contributed by atoms with Crippen LogP contribution in [0, 0.1) is 5.82 Å². The summed E-state index contributed by atoms with van der Waals surface area (Å²) in [4.78, 5) is 4.48. The maximum atomic E-state index is 13.3. The van der Waals surface area contributed by atoms with Crippen LogP contribution in [0.15, 0.2) is 18.2 Å². The van der Waals surface area contributed by atoms with Crippen LogP contribution in [0.1, 0.15) is 30.9 Å². The van der Waals surface area contributed by atoms with Crippen LogP contribution < -0.4 is 5.90 Å². The molecule has 3 heteroatoms. The van der Waals surface area contributed by atoms with Gasteiger partial charge in [0, 0.05) is 0 Å². The van der Waals surface area contributed by atoms with Crippen LogP contribution in [0.4, 0.5) is 4.39 Å². The molecule has 1 aromatic carbocycles. The average Bonchev–Trinajstić information content (AvgIpc) is 2.16. The van der Waals surface area contributed by atoms with Crippen LogP contribution in [0.3, 0.4) is 0 Å². The van der Waals surface area contributed by atoms with Crippen molar-refractivity contribution in [2.45, 2.75) is 26.2 Å². The predicted octanol–water partition coefficient (Wildman–Crippen LogP) is 2.38. The first kappa shape index (κ1) is 11.1. The number of halogens is 1. The molecule has 1 rings (SSSR count). The molecule has 0 aromatic heterocycles. The first-order valence-electron chi connectivity index (χ1n) is 4.75. The fourth-order valence-electron chi connectivity index (χ4n) is 1.37. The van der Waals surface area contributed by atoms with Crippen molar-refractivity contribution >= 4 is 0 Å². The highest BCUT2D eigenvalue weighted by Crippen LogP contribution is 2.19. The van der Waals surface area contributed by atoms with Crippen LogP contribution in [-0.4, -0.2) is 6.61 Å². The van der Waals surface area contributed by atoms with Crippen LogP contribution >= 0.6 is 0 Å². The van der Waals surface area contributed by atoms with E-state index in [1.54, 1.807) is 6.07 Å². The van der Waals surface area contributed by atoms with Crippen molar-refractivity contribution in [1.82, 2.24) is 0 Å². The van der Waals surface area contributed by atoms with E-state index >= 15 is 0 Å². The first-order chi connectivity index (χ1) is 6.65. The molecule has 78 valence electrons. The van der Waals surface area contributed by atoms with Crippen LogP contribution in [0.2, 0.25) is 0 Å². The number of nitrogens with two attached hydrogens (primary N) is 1. The van der Waals surface area contributed by atoms with E-state index in [-0.39, 0.29) is 11.7 Å². The van der Waals surface area contributed by atoms with Crippen molar-refractivity contribution in [3.63, 3.8) is 0 Å². The maximum absolute atomic E-state index is 13.3. The molecule has 0 spiro atoms. The van der Waals surface area contributed by atoms with Crippen molar-refractivity contribution in [3.8, 4) is 0 Å². The lowest BCUT2D eigenvalue weighted by Gasteiger charge is -2.09. The Morgan fingerprint density at radius 1 is 1.43 bits per heavy atom. The van der Waals surface area contributed by atoms with Crippen LogP contribution in [-0.2, 0) is 11.3 Å². The normalized spacial score (nSPS) is 10.9. The molecule has 0 heterocycles. The Kier molecular flexibility index (Phi) is 4.04. The molecule has 0 aliphatic heterocycles. The molecule has 0 radical (unpaired) electrons. The lowest BCUT2D eigenvalue weighted by atomic mass is 9.99. The Bertz CT molecular complexity index is 299. The number of rotatable bonds is 4. The molecule has 14 heavy (non-hydrogen) atoms. The molecule has 2 N–H and O–H groups in total. The van der Waals surface area contributed by atoms with Crippen LogP contribution in [0.5, 0.6) is 0 Å². The smallest absolute Gasteiger partial charge is 0.126 e. The van der Waals surface area contributed by atoms with E-state index in [0.717, 1.165) is 17.5 Å². The van der Waals surface area contributed by atoms with Gasteiger partial charge in [-0.2, -0.15) is 0 Å². The molecule has 0 unspecified atom stereocenters. The van der Waals surface area contributed by atoms with Gasteiger partial charge in [-0.15, -0.1) is 0 Å². The zero-order chi connectivity index (χ0) is 10.6. The minimum atomic E-state index is -0.141. The zero-order valence-electron chi connectivity index (χ0n) is 8.59. The van der Waals surface area contributed by atoms with Crippen molar-refractivity contribution in [1.29, 1.82) is 0 Å². The number of hydrogen-bond acceptors (Lipinski definition) is 2. The molecule has 0 fully saturated rings. The van der Waals surface area contributed by atoms with Gasteiger partial charge in [0.05, 0.1) is 6.61 Å². The highest BCUT2D eigenvalue weighted by Gasteiger charge is 2.07. The second kappa shape index (κ2) is 5.08. The van der Waals surface area contributed by atoms with E-state index in [4.69, 9.17) is 5.90 Å². The van der Waals surface area contributed by atoms with Crippen LogP contribution in [0.25, 0.3) is 0 Å². The molecular formula is C11H16FNO. The van der Waals surface area contributed by atoms with E-state index < -0.39 is 0 Å². The van der Waals surface area contributed by atoms with E-state index in [1.165, 1.54) is 6.07 Å². The summed E-state index contributed by atoms with van der Waals surface area (Å²) >= 11 is 0. The lowest BCUT2D eigenvalue weighted by molar-refractivity contribution is 0.141. The molecule has 0 atom stereocenters. The van der Waals surface area contributed by atoms with Gasteiger partial charge in [0.25, 0.3) is 0 Å². The Morgan fingerprint density at radius 2 is 2.14 bits per heavy atom. The maximum Gasteiger partial charge on any atom is 0.126 e. The second-order valence-electron chi connectivity index (χ2n) is 3.63. The highest BCUT2D eigenvalue weighted by atomic mass is 19.1. The van der Waals surface area contributed by atoms with Gasteiger partial charge in [-0.05, 0) is 29.5 Å². The monoisotopic (exact) mass is 197 g/mol. The van der Waals surface area contributed by atoms with Crippen molar-refractivity contribution in [3.05, 3.63) is 35.1 Å². The third-order valence-corrected chi connectivity index (χ3v) is 2.19. The molecule has 0 saturated carbocycles. The topological polar surface area (TPSA) is 35.2 Å². The predicted molar refractivity (Wildman–Crippen MR) is 54.3 cm³/mol. The van der Waals surface area contributed by atoms with Crippen molar-refractivity contribution in [2.75, 3.05) is 6.61 Å². The molecule has 2 nitrogen and oxygen atoms in total. The molecule has 0 bridgehead atoms. The quantitative estimate of drug-likeness (QED) is 0.752. The summed E-state index contributed by atoms with van der Waals surface area (Å²) in [6.07, 6.45) is 0.719. The lowest BCUT2D eigenvalue weighted by Crippen LogP contribution is -2.04. The Hall–Kier alpha value is -0.930. The summed E-state index contributed by atoms with van der Waals surface area (Å²) < 4.78 is 13.3. The largest absolute Gasteiger partial charge is 0.304 e. The molecule has 0 aliphatic rings. The van der Waals surface area contributed by atoms with Gasteiger partial charge in [0.2, 0.25) is 0 Å². The molecule has 0 aliphatic carbocycles. The van der Waals surface area contributed by atoms with Gasteiger partial charge in [-0.25, -0.2) is 10.3 Å². The van der Waals surface area contributed by atoms with E-state index in [2.05, 4.69) is 4.84 Å². The highest BCUT2D eigenvalue weighted by molar-refractivity contribution is 5.27. The number of hydrogen-bond donors (Lipinski definition) is 1. The zero-order valence-corrected chi connectivity index (χ0v) is 8.59. The Labute approximate surface area is 83.8 Å². The summed E-state index contributed by atoms with van der Waals surface area (Å²) in [6, 6.07) is 5.14. The third kappa shape index (κ3) is 2.79. The van der Waals surface area contributed by atoms with Gasteiger partial charge in [-0.3, -0.25) is 0 Å². The van der Waals surface area contributed by atoms with Gasteiger partial charge in [0.15, 0.2) is 0 Å². The van der Waals surface area contributed by atoms with Crippen molar-refractivity contribution in [2.24, 2.45) is 5.90 Å². The fraction of sp³-hybridized carbons (Fsp3) is 0.455. The summed E-state index contributed by atoms with van der Waals surface area (Å²) in [7, 11) is 0. The molecular weight excluding hydrogens is 181 g/mol. The SMILES string of the molecule is CC(C)c1cc(CCON)ccc1F. The summed E-state index contributed by atoms with van der Waals surface area (Å²) in [5, 5.41) is 0. The van der Waals surface area contributed by atoms with Gasteiger partial charge in [0.1, 0.15) is 5.82 Å². The van der Waals surface area contributed by atoms with Gasteiger partial charge < -0.3 is 4.84 Å². The van der Waals surface area contributed by atoms with Gasteiger partial charge in [-0.1, -0.05) is 26.0 Å². The molecule has 0 amide bonds. The van der Waals surface area contributed by atoms with Gasteiger partial charge >= 0.3 is 0 Å². The summed E-state index contributed by atoms with van der Waals surface area (Å²) in [5.74, 6) is 4.99. The Morgan fingerprint density at radius 3 is 2.71 bits per heavy atom. The summed E-state index contributed by atoms with van der Waals surface area (Å²) in [6.45, 7) is 4.41. The molecule has 0 saturated heterocycles. The fourth-order valence-corrected chi connectivity index (χ4v) is 1.37. The Balaban J connectivity index is 2.83. The average molecular weight is 197 g/mol. The van der Waals surface area contributed by atoms with Crippen molar-refractivity contribution < 1.29 is 9.23 Å². The standard InChI is InChI=1S/C11H16FNO/c1-8(2)10-7-9(5-6-14-13)3-4-11(10)12/h3-4,7-8H,5-6,13H2,1-2H3. The second-order valence-corrected chi connectivity index (χ2v) is 3.63. The minimum Gasteiger partial charge on any atom is -0.304 e. The third-order valence-electron chi connectivity index (χ3n) is 2.19. The summed E-state index contributed by atoms with van der Waals surface area (Å²) in [5.41, 5.74) is 1.81. The first-order valence-corrected chi connectivity index (χ1v) is 4.75. The molecule has 1 aromatic rings. The minimum absolute atomic E-state index is 0.141. The van der Waals surface area contributed by atoms with E-state index in [0.29, 0.717) is 6.61 Å². The van der Waals surface area contributed by atoms with E-state index in [1.807, 2.05) is 19.9 Å². The number of benzene rings is 1.